The van der Waals surface area contributed by atoms with Crippen LogP contribution in [0.3, 0.4) is 0 Å². The highest BCUT2D eigenvalue weighted by molar-refractivity contribution is 6.25. The number of hydrogen-bond donors (Lipinski definition) is 1. The average Bonchev–Trinajstić information content (AvgIpc) is 4.08. The highest BCUT2D eigenvalue weighted by Crippen LogP contribution is 2.47. The monoisotopic (exact) mass is 884 g/mol. The van der Waals surface area contributed by atoms with E-state index in [1.807, 2.05) is 6.07 Å². The van der Waals surface area contributed by atoms with Crippen LogP contribution in [0, 0.1) is 0 Å². The maximum Gasteiger partial charge on any atom is 0.212 e. The third-order valence-corrected chi connectivity index (χ3v) is 14.1. The van der Waals surface area contributed by atoms with Gasteiger partial charge in [-0.1, -0.05) is 200 Å². The van der Waals surface area contributed by atoms with E-state index < -0.39 is 0 Å². The molecule has 3 aromatic heterocycles. The number of benzene rings is 9. The fourth-order valence-corrected chi connectivity index (χ4v) is 11.2. The molecule has 6 nitrogen and oxygen atoms in total. The zero-order chi connectivity index (χ0) is 45.4. The van der Waals surface area contributed by atoms with Gasteiger partial charge in [0, 0.05) is 54.3 Å². The van der Waals surface area contributed by atoms with E-state index in [-0.39, 0.29) is 6.17 Å². The molecule has 2 aliphatic rings. The largest absolute Gasteiger partial charge is 0.330 e. The molecule has 12 aromatic rings. The summed E-state index contributed by atoms with van der Waals surface area (Å²) in [6.45, 7) is 0. The molecule has 0 spiro atoms. The summed E-state index contributed by atoms with van der Waals surface area (Å²) in [6.07, 6.45) is 6.46. The van der Waals surface area contributed by atoms with E-state index in [1.165, 1.54) is 37.9 Å². The topological polar surface area (TPSA) is 51.5 Å². The van der Waals surface area contributed by atoms with Crippen LogP contribution in [0.25, 0.3) is 100 Å². The molecule has 0 bridgehead atoms. The number of rotatable bonds is 6. The molecule has 1 aliphatic carbocycles. The molecule has 0 saturated carbocycles. The minimum absolute atomic E-state index is 0.373. The van der Waals surface area contributed by atoms with Crippen molar-refractivity contribution in [2.24, 2.45) is 9.98 Å². The molecule has 0 amide bonds. The van der Waals surface area contributed by atoms with Gasteiger partial charge in [0.05, 0.1) is 33.3 Å². The molecule has 1 N–H and O–H groups in total. The quantitative estimate of drug-likeness (QED) is 0.178. The van der Waals surface area contributed by atoms with Gasteiger partial charge in [-0.2, -0.15) is 4.99 Å². The Morgan fingerprint density at radius 3 is 1.70 bits per heavy atom. The Morgan fingerprint density at radius 2 is 0.986 bits per heavy atom. The zero-order valence-corrected chi connectivity index (χ0v) is 37.7. The van der Waals surface area contributed by atoms with Crippen LogP contribution in [-0.4, -0.2) is 25.5 Å². The molecule has 69 heavy (non-hydrogen) atoms. The summed E-state index contributed by atoms with van der Waals surface area (Å²) in [4.78, 5) is 10.8. The summed E-state index contributed by atoms with van der Waals surface area (Å²) in [6, 6.07) is 78.6. The Kier molecular flexibility index (Phi) is 8.99. The summed E-state index contributed by atoms with van der Waals surface area (Å²) < 4.78 is 7.52. The van der Waals surface area contributed by atoms with Crippen LogP contribution in [0.15, 0.2) is 228 Å². The van der Waals surface area contributed by atoms with Crippen molar-refractivity contribution in [3.05, 3.63) is 240 Å². The third kappa shape index (κ3) is 6.12. The minimum atomic E-state index is -0.373. The number of hydrogen-bond acceptors (Lipinski definition) is 3. The first-order valence-electron chi connectivity index (χ1n) is 23.9. The van der Waals surface area contributed by atoms with Gasteiger partial charge in [0.25, 0.3) is 0 Å². The zero-order valence-electron chi connectivity index (χ0n) is 37.7. The minimum Gasteiger partial charge on any atom is -0.330 e. The molecule has 1 atom stereocenters. The lowest BCUT2D eigenvalue weighted by Crippen LogP contribution is -2.37. The summed E-state index contributed by atoms with van der Waals surface area (Å²) >= 11 is 0. The number of para-hydroxylation sites is 3. The van der Waals surface area contributed by atoms with Gasteiger partial charge >= 0.3 is 0 Å². The molecule has 0 fully saturated rings. The van der Waals surface area contributed by atoms with Gasteiger partial charge in [-0.25, -0.2) is 4.99 Å². The second-order valence-corrected chi connectivity index (χ2v) is 18.0. The van der Waals surface area contributed by atoms with Crippen molar-refractivity contribution in [2.75, 3.05) is 0 Å². The second-order valence-electron chi connectivity index (χ2n) is 18.0. The summed E-state index contributed by atoms with van der Waals surface area (Å²) in [7, 11) is 0. The summed E-state index contributed by atoms with van der Waals surface area (Å²) in [5, 5.41) is 12.3. The average molecular weight is 885 g/mol. The van der Waals surface area contributed by atoms with Crippen LogP contribution in [0.4, 0.5) is 0 Å². The highest BCUT2D eigenvalue weighted by Gasteiger charge is 2.30. The Balaban J connectivity index is 1.20. The second kappa shape index (κ2) is 15.8. The van der Waals surface area contributed by atoms with E-state index in [0.29, 0.717) is 5.84 Å². The van der Waals surface area contributed by atoms with E-state index in [9.17, 15) is 0 Å². The molecule has 9 aromatic carbocycles. The molecule has 1 unspecified atom stereocenters. The molecule has 1 aliphatic heterocycles. The highest BCUT2D eigenvalue weighted by atomic mass is 15.3. The molecular formula is C63H44N6. The predicted molar refractivity (Wildman–Crippen MR) is 287 cm³/mol. The van der Waals surface area contributed by atoms with E-state index in [2.05, 4.69) is 243 Å². The van der Waals surface area contributed by atoms with Crippen LogP contribution in [0.2, 0.25) is 0 Å². The molecule has 14 rings (SSSR count). The van der Waals surface area contributed by atoms with Crippen LogP contribution in [0.1, 0.15) is 30.1 Å². The van der Waals surface area contributed by atoms with E-state index in [4.69, 9.17) is 9.98 Å². The van der Waals surface area contributed by atoms with Gasteiger partial charge in [0.1, 0.15) is 6.17 Å². The van der Waals surface area contributed by atoms with Gasteiger partial charge < -0.3 is 14.5 Å². The Bertz CT molecular complexity index is 4180. The van der Waals surface area contributed by atoms with Crippen molar-refractivity contribution in [1.29, 1.82) is 0 Å². The van der Waals surface area contributed by atoms with Crippen molar-refractivity contribution in [3.8, 4) is 33.6 Å². The SMILES string of the molecule is C1=c2c(n(-c3c(-c4ccccc4)cc(-c4ccccc4)c4c5ccccc5n(-c5ccccc5)c34)c3c2ccc2c4ccccc4n(C4=NC(c5ccccc5)=NC(c5ccccc5)N4)c23)=CCC1. The molecule has 6 heteroatoms. The van der Waals surface area contributed by atoms with Crippen LogP contribution in [-0.2, 0) is 0 Å². The van der Waals surface area contributed by atoms with Crippen molar-refractivity contribution in [1.82, 2.24) is 19.0 Å². The fourth-order valence-electron chi connectivity index (χ4n) is 11.2. The fraction of sp³-hybridized carbons (Fsp3) is 0.0476. The predicted octanol–water partition coefficient (Wildman–Crippen LogP) is 13.5. The number of fused-ring (bicyclic) bond motifs is 10. The smallest absolute Gasteiger partial charge is 0.212 e. The molecule has 4 heterocycles. The molecule has 326 valence electrons. The van der Waals surface area contributed by atoms with Gasteiger partial charge in [-0.3, -0.25) is 4.57 Å². The van der Waals surface area contributed by atoms with Gasteiger partial charge in [0.2, 0.25) is 5.96 Å². The number of aliphatic imine (C=N–C) groups is 2. The molecular weight excluding hydrogens is 841 g/mol. The van der Waals surface area contributed by atoms with E-state index >= 15 is 0 Å². The summed E-state index contributed by atoms with van der Waals surface area (Å²) in [5.74, 6) is 1.41. The Hall–Kier alpha value is -9.00. The standard InChI is InChI=1S/C63H44N6/c1-6-22-41(23-7-1)51-40-52(42-24-8-2-9-25-42)59(60-56(51)50-34-18-21-37-55(50)67(60)45-30-14-5-15-31-45)68-53-35-19-16-32-46(53)48-38-39-49-47-33-17-20-36-54(47)69(58(49)57(48)68)63-65-61(43-26-10-3-11-27-43)64-62(66-63)44-28-12-4-13-29-44/h1-15,17-18,20-40,61H,16,19H2,(H,64,65,66). The van der Waals surface area contributed by atoms with E-state index in [0.717, 1.165) is 90.8 Å². The maximum atomic E-state index is 5.49. The lowest BCUT2D eigenvalue weighted by molar-refractivity contribution is 0.661. The summed E-state index contributed by atoms with van der Waals surface area (Å²) in [5.41, 5.74) is 14.5. The van der Waals surface area contributed by atoms with Crippen molar-refractivity contribution in [3.63, 3.8) is 0 Å². The van der Waals surface area contributed by atoms with Crippen LogP contribution >= 0.6 is 0 Å². The molecule has 0 radical (unpaired) electrons. The van der Waals surface area contributed by atoms with Gasteiger partial charge in [-0.15, -0.1) is 0 Å². The Labute approximate surface area is 398 Å². The number of amidine groups is 1. The first-order valence-corrected chi connectivity index (χ1v) is 23.9. The van der Waals surface area contributed by atoms with Crippen LogP contribution in [0.5, 0.6) is 0 Å². The third-order valence-electron chi connectivity index (χ3n) is 14.1. The number of nitrogens with zero attached hydrogens (tertiary/aromatic N) is 5. The van der Waals surface area contributed by atoms with Crippen molar-refractivity contribution < 1.29 is 0 Å². The first-order chi connectivity index (χ1) is 34.3. The van der Waals surface area contributed by atoms with Crippen molar-refractivity contribution in [2.45, 2.75) is 19.0 Å². The van der Waals surface area contributed by atoms with Gasteiger partial charge in [0.15, 0.2) is 5.84 Å². The number of nitrogens with one attached hydrogen (secondary N) is 1. The number of aromatic nitrogens is 3. The molecule has 0 saturated heterocycles. The normalized spacial score (nSPS) is 14.6. The van der Waals surface area contributed by atoms with Crippen LogP contribution < -0.4 is 15.9 Å². The Morgan fingerprint density at radius 1 is 0.435 bits per heavy atom. The first kappa shape index (κ1) is 39.2. The lowest BCUT2D eigenvalue weighted by Gasteiger charge is -2.25. The van der Waals surface area contributed by atoms with Crippen molar-refractivity contribution >= 4 is 78.5 Å². The maximum absolute atomic E-state index is 5.49. The van der Waals surface area contributed by atoms with E-state index in [1.54, 1.807) is 0 Å². The van der Waals surface area contributed by atoms with Gasteiger partial charge in [-0.05, 0) is 65.4 Å². The lowest BCUT2D eigenvalue weighted by atomic mass is 9.92.